The van der Waals surface area contributed by atoms with Gasteiger partial charge in [0, 0.05) is 19.5 Å². The number of benzene rings is 3. The number of phenolic OH excluding ortho intramolecular Hbond substituents is 1. The lowest BCUT2D eigenvalue weighted by molar-refractivity contribution is -0.142. The Labute approximate surface area is 249 Å². The molecule has 3 amide bonds. The summed E-state index contributed by atoms with van der Waals surface area (Å²) in [5.41, 5.74) is 1.58. The van der Waals surface area contributed by atoms with E-state index >= 15 is 0 Å². The van der Waals surface area contributed by atoms with Gasteiger partial charge in [0.05, 0.1) is 0 Å². The molecule has 0 spiro atoms. The topological polar surface area (TPSA) is 108 Å². The van der Waals surface area contributed by atoms with Gasteiger partial charge in [-0.25, -0.2) is 4.79 Å². The Morgan fingerprint density at radius 3 is 2.02 bits per heavy atom. The maximum atomic E-state index is 14.4. The SMILES string of the molecule is CCCCCN(C(=O)C(Cc1ccccc1)NC(=O)OC(C)(C)C)C(C(=O)NCc1ccccc1)c1ccc(O)cc1. The maximum absolute atomic E-state index is 14.4. The number of ether oxygens (including phenoxy) is 1. The third-order valence-electron chi connectivity index (χ3n) is 6.64. The summed E-state index contributed by atoms with van der Waals surface area (Å²) in [5, 5.41) is 15.7. The Bertz CT molecular complexity index is 1270. The molecule has 0 radical (unpaired) electrons. The Morgan fingerprint density at radius 2 is 1.45 bits per heavy atom. The number of nitrogens with one attached hydrogen (secondary N) is 2. The fraction of sp³-hybridized carbons (Fsp3) is 0.382. The Balaban J connectivity index is 2.00. The minimum Gasteiger partial charge on any atom is -0.508 e. The third-order valence-corrected chi connectivity index (χ3v) is 6.64. The van der Waals surface area contributed by atoms with Crippen molar-refractivity contribution in [3.8, 4) is 5.75 Å². The maximum Gasteiger partial charge on any atom is 0.408 e. The number of aromatic hydroxyl groups is 1. The van der Waals surface area contributed by atoms with Crippen LogP contribution in [0.3, 0.4) is 0 Å². The van der Waals surface area contributed by atoms with Crippen molar-refractivity contribution in [2.75, 3.05) is 6.54 Å². The van der Waals surface area contributed by atoms with E-state index in [1.54, 1.807) is 37.8 Å². The van der Waals surface area contributed by atoms with Crippen LogP contribution in [0, 0.1) is 0 Å². The van der Waals surface area contributed by atoms with Crippen LogP contribution in [0.2, 0.25) is 0 Å². The number of hydrogen-bond acceptors (Lipinski definition) is 5. The van der Waals surface area contributed by atoms with Gasteiger partial charge in [-0.1, -0.05) is 92.6 Å². The summed E-state index contributed by atoms with van der Waals surface area (Å²) in [5.74, 6) is -0.696. The molecule has 42 heavy (non-hydrogen) atoms. The summed E-state index contributed by atoms with van der Waals surface area (Å²) in [6, 6.07) is 23.3. The second kappa shape index (κ2) is 15.6. The highest BCUT2D eigenvalue weighted by Gasteiger charge is 2.36. The summed E-state index contributed by atoms with van der Waals surface area (Å²) in [6.07, 6.45) is 1.97. The molecule has 2 atom stereocenters. The molecule has 8 nitrogen and oxygen atoms in total. The van der Waals surface area contributed by atoms with E-state index in [-0.39, 0.29) is 24.6 Å². The molecule has 3 aromatic carbocycles. The molecule has 0 aliphatic rings. The predicted octanol–water partition coefficient (Wildman–Crippen LogP) is 5.90. The highest BCUT2D eigenvalue weighted by Crippen LogP contribution is 2.26. The standard InChI is InChI=1S/C34H43N3O5/c1-5-6-13-22-37(32(40)29(23-25-14-9-7-10-15-25)36-33(41)42-34(2,3)4)30(27-18-20-28(38)21-19-27)31(39)35-24-26-16-11-8-12-17-26/h7-12,14-21,29-30,38H,5-6,13,22-24H2,1-4H3,(H,35,39)(H,36,41). The van der Waals surface area contributed by atoms with Crippen molar-refractivity contribution in [1.29, 1.82) is 0 Å². The van der Waals surface area contributed by atoms with Crippen molar-refractivity contribution < 1.29 is 24.2 Å². The summed E-state index contributed by atoms with van der Waals surface area (Å²) in [4.78, 5) is 42.8. The van der Waals surface area contributed by atoms with E-state index in [0.717, 1.165) is 24.0 Å². The lowest BCUT2D eigenvalue weighted by Crippen LogP contribution is -2.54. The number of rotatable bonds is 13. The molecule has 0 heterocycles. The molecule has 0 fully saturated rings. The number of hydrogen-bond donors (Lipinski definition) is 3. The number of phenols is 1. The minimum atomic E-state index is -0.989. The van der Waals surface area contributed by atoms with E-state index in [1.165, 1.54) is 12.1 Å². The van der Waals surface area contributed by atoms with Crippen LogP contribution in [0.5, 0.6) is 5.75 Å². The number of unbranched alkanes of at least 4 members (excludes halogenated alkanes) is 2. The van der Waals surface area contributed by atoms with Crippen LogP contribution >= 0.6 is 0 Å². The predicted molar refractivity (Wildman–Crippen MR) is 164 cm³/mol. The molecule has 0 bridgehead atoms. The zero-order valence-corrected chi connectivity index (χ0v) is 25.0. The first-order chi connectivity index (χ1) is 20.1. The fourth-order valence-corrected chi connectivity index (χ4v) is 4.61. The summed E-state index contributed by atoms with van der Waals surface area (Å²) in [6.45, 7) is 7.94. The molecule has 3 N–H and O–H groups in total. The van der Waals surface area contributed by atoms with Crippen molar-refractivity contribution in [3.05, 3.63) is 102 Å². The highest BCUT2D eigenvalue weighted by atomic mass is 16.6. The average molecular weight is 574 g/mol. The Morgan fingerprint density at radius 1 is 0.857 bits per heavy atom. The molecule has 0 aromatic heterocycles. The van der Waals surface area contributed by atoms with E-state index in [2.05, 4.69) is 17.6 Å². The molecule has 0 saturated heterocycles. The zero-order chi connectivity index (χ0) is 30.5. The van der Waals surface area contributed by atoms with Gasteiger partial charge >= 0.3 is 6.09 Å². The van der Waals surface area contributed by atoms with Crippen LogP contribution in [0.15, 0.2) is 84.9 Å². The molecular weight excluding hydrogens is 530 g/mol. The van der Waals surface area contributed by atoms with Gasteiger partial charge in [0.25, 0.3) is 0 Å². The van der Waals surface area contributed by atoms with Gasteiger partial charge in [0.15, 0.2) is 0 Å². The van der Waals surface area contributed by atoms with Crippen LogP contribution in [0.25, 0.3) is 0 Å². The van der Waals surface area contributed by atoms with Crippen LogP contribution in [-0.4, -0.2) is 46.1 Å². The Hall–Kier alpha value is -4.33. The monoisotopic (exact) mass is 573 g/mol. The minimum absolute atomic E-state index is 0.0552. The first-order valence-electron chi connectivity index (χ1n) is 14.5. The number of alkyl carbamates (subject to hydrolysis) is 1. The molecule has 0 saturated carbocycles. The van der Waals surface area contributed by atoms with Crippen molar-refractivity contribution >= 4 is 17.9 Å². The van der Waals surface area contributed by atoms with E-state index in [4.69, 9.17) is 4.74 Å². The smallest absolute Gasteiger partial charge is 0.408 e. The first-order valence-corrected chi connectivity index (χ1v) is 14.5. The lowest BCUT2D eigenvalue weighted by Gasteiger charge is -2.34. The summed E-state index contributed by atoms with van der Waals surface area (Å²) < 4.78 is 5.50. The number of nitrogens with zero attached hydrogens (tertiary/aromatic N) is 1. The van der Waals surface area contributed by atoms with Crippen LogP contribution < -0.4 is 10.6 Å². The molecule has 0 aliphatic carbocycles. The van der Waals surface area contributed by atoms with Gasteiger partial charge in [-0.3, -0.25) is 9.59 Å². The molecular formula is C34H43N3O5. The van der Waals surface area contributed by atoms with Crippen molar-refractivity contribution in [2.24, 2.45) is 0 Å². The highest BCUT2D eigenvalue weighted by molar-refractivity contribution is 5.92. The number of amides is 3. The number of carbonyl (C=O) groups excluding carboxylic acids is 3. The van der Waals surface area contributed by atoms with Gasteiger partial charge < -0.3 is 25.4 Å². The van der Waals surface area contributed by atoms with Crippen LogP contribution in [0.4, 0.5) is 4.79 Å². The fourth-order valence-electron chi connectivity index (χ4n) is 4.61. The van der Waals surface area contributed by atoms with E-state index in [0.29, 0.717) is 18.5 Å². The molecule has 224 valence electrons. The van der Waals surface area contributed by atoms with Gasteiger partial charge in [0.1, 0.15) is 23.4 Å². The molecule has 8 heteroatoms. The van der Waals surface area contributed by atoms with Gasteiger partial charge in [-0.05, 0) is 56.0 Å². The number of carbonyl (C=O) groups is 3. The van der Waals surface area contributed by atoms with Crippen molar-refractivity contribution in [2.45, 2.75) is 77.6 Å². The second-order valence-electron chi connectivity index (χ2n) is 11.3. The third kappa shape index (κ3) is 10.3. The lowest BCUT2D eigenvalue weighted by atomic mass is 9.99. The van der Waals surface area contributed by atoms with E-state index < -0.39 is 29.7 Å². The molecule has 3 aromatic rings. The van der Waals surface area contributed by atoms with Gasteiger partial charge in [-0.15, -0.1) is 0 Å². The summed E-state index contributed by atoms with van der Waals surface area (Å²) >= 11 is 0. The van der Waals surface area contributed by atoms with E-state index in [1.807, 2.05) is 60.7 Å². The quantitative estimate of drug-likeness (QED) is 0.221. The van der Waals surface area contributed by atoms with E-state index in [9.17, 15) is 19.5 Å². The second-order valence-corrected chi connectivity index (χ2v) is 11.3. The average Bonchev–Trinajstić information content (AvgIpc) is 2.96. The van der Waals surface area contributed by atoms with Gasteiger partial charge in [0.2, 0.25) is 11.8 Å². The van der Waals surface area contributed by atoms with Crippen LogP contribution in [-0.2, 0) is 27.3 Å². The zero-order valence-electron chi connectivity index (χ0n) is 25.0. The van der Waals surface area contributed by atoms with Crippen molar-refractivity contribution in [1.82, 2.24) is 15.5 Å². The molecule has 2 unspecified atom stereocenters. The van der Waals surface area contributed by atoms with Crippen LogP contribution in [0.1, 0.15) is 69.7 Å². The van der Waals surface area contributed by atoms with Crippen molar-refractivity contribution in [3.63, 3.8) is 0 Å². The summed E-state index contributed by atoms with van der Waals surface area (Å²) in [7, 11) is 0. The first kappa shape index (κ1) is 32.2. The van der Waals surface area contributed by atoms with Gasteiger partial charge in [-0.2, -0.15) is 0 Å². The molecule has 0 aliphatic heterocycles. The molecule has 3 rings (SSSR count). The largest absolute Gasteiger partial charge is 0.508 e. The normalized spacial score (nSPS) is 12.6. The Kier molecular flexibility index (Phi) is 12.0.